The molecule has 0 aliphatic heterocycles. The molecule has 1 aromatic rings. The number of unbranched alkanes of at least 4 members (excludes halogenated alkanes) is 1. The first-order valence-corrected chi connectivity index (χ1v) is 6.70. The lowest BCUT2D eigenvalue weighted by atomic mass is 10.1. The molecule has 0 spiro atoms. The van der Waals surface area contributed by atoms with Gasteiger partial charge in [-0.3, -0.25) is 4.79 Å². The second-order valence-electron chi connectivity index (χ2n) is 4.54. The SMILES string of the molecule is COC(=O)C([NH3+])C(=O)CCCCOCc1ccccc1.[Cl-]. The first-order chi connectivity index (χ1) is 9.65. The minimum Gasteiger partial charge on any atom is -1.00 e. The molecule has 0 radical (unpaired) electrons. The molecule has 1 aromatic carbocycles. The predicted octanol–water partition coefficient (Wildman–Crippen LogP) is -2.27. The number of rotatable bonds is 9. The molecule has 0 amide bonds. The van der Waals surface area contributed by atoms with Gasteiger partial charge in [0.2, 0.25) is 11.8 Å². The predicted molar refractivity (Wildman–Crippen MR) is 73.6 cm³/mol. The van der Waals surface area contributed by atoms with Gasteiger partial charge in [0.25, 0.3) is 0 Å². The molecule has 0 fully saturated rings. The van der Waals surface area contributed by atoms with E-state index in [2.05, 4.69) is 10.5 Å². The molecule has 1 unspecified atom stereocenters. The van der Waals surface area contributed by atoms with E-state index in [1.165, 1.54) is 7.11 Å². The normalized spacial score (nSPS) is 11.3. The fourth-order valence-corrected chi connectivity index (χ4v) is 1.72. The van der Waals surface area contributed by atoms with E-state index >= 15 is 0 Å². The van der Waals surface area contributed by atoms with Crippen LogP contribution in [0.5, 0.6) is 0 Å². The Labute approximate surface area is 131 Å². The Hall–Kier alpha value is -1.43. The Kier molecular flexibility index (Phi) is 10.5. The van der Waals surface area contributed by atoms with Crippen molar-refractivity contribution in [3.63, 3.8) is 0 Å². The van der Waals surface area contributed by atoms with Gasteiger partial charge in [0, 0.05) is 13.0 Å². The summed E-state index contributed by atoms with van der Waals surface area (Å²) in [5.41, 5.74) is 4.64. The maximum atomic E-state index is 11.6. The monoisotopic (exact) mass is 315 g/mol. The molecule has 6 heteroatoms. The lowest BCUT2D eigenvalue weighted by molar-refractivity contribution is -0.392. The summed E-state index contributed by atoms with van der Waals surface area (Å²) in [5, 5.41) is 0. The summed E-state index contributed by atoms with van der Waals surface area (Å²) in [6, 6.07) is 9.01. The Morgan fingerprint density at radius 1 is 1.19 bits per heavy atom. The van der Waals surface area contributed by atoms with E-state index < -0.39 is 12.0 Å². The number of benzene rings is 1. The van der Waals surface area contributed by atoms with Gasteiger partial charge in [0.1, 0.15) is 0 Å². The first kappa shape index (κ1) is 19.6. The third kappa shape index (κ3) is 7.80. The Balaban J connectivity index is 0.00000400. The van der Waals surface area contributed by atoms with Crippen molar-refractivity contribution in [1.82, 2.24) is 0 Å². The molecule has 118 valence electrons. The van der Waals surface area contributed by atoms with E-state index in [-0.39, 0.29) is 18.2 Å². The van der Waals surface area contributed by atoms with Gasteiger partial charge in [-0.05, 0) is 18.4 Å². The van der Waals surface area contributed by atoms with Crippen LogP contribution in [0.1, 0.15) is 24.8 Å². The molecule has 0 saturated carbocycles. The lowest BCUT2D eigenvalue weighted by Crippen LogP contribution is -3.00. The van der Waals surface area contributed by atoms with Gasteiger partial charge in [-0.2, -0.15) is 0 Å². The smallest absolute Gasteiger partial charge is 0.372 e. The summed E-state index contributed by atoms with van der Waals surface area (Å²) in [7, 11) is 1.26. The zero-order chi connectivity index (χ0) is 14.8. The van der Waals surface area contributed by atoms with Crippen molar-refractivity contribution in [2.45, 2.75) is 31.9 Å². The van der Waals surface area contributed by atoms with Crippen LogP contribution in [0.4, 0.5) is 0 Å². The highest BCUT2D eigenvalue weighted by Gasteiger charge is 2.25. The number of carbonyl (C=O) groups is 2. The summed E-state index contributed by atoms with van der Waals surface area (Å²) in [6.45, 7) is 1.18. The van der Waals surface area contributed by atoms with Crippen LogP contribution in [0.3, 0.4) is 0 Å². The van der Waals surface area contributed by atoms with Gasteiger partial charge in [-0.1, -0.05) is 30.3 Å². The minimum absolute atomic E-state index is 0. The number of carbonyl (C=O) groups excluding carboxylic acids is 2. The minimum atomic E-state index is -0.912. The lowest BCUT2D eigenvalue weighted by Gasteiger charge is -2.06. The zero-order valence-electron chi connectivity index (χ0n) is 12.2. The molecule has 21 heavy (non-hydrogen) atoms. The average Bonchev–Trinajstić information content (AvgIpc) is 2.49. The van der Waals surface area contributed by atoms with Gasteiger partial charge in [-0.25, -0.2) is 4.79 Å². The average molecular weight is 316 g/mol. The van der Waals surface area contributed by atoms with Crippen molar-refractivity contribution in [2.75, 3.05) is 13.7 Å². The largest absolute Gasteiger partial charge is 1.00 e. The third-order valence-electron chi connectivity index (χ3n) is 2.95. The molecule has 3 N–H and O–H groups in total. The molecule has 0 heterocycles. The highest BCUT2D eigenvalue weighted by atomic mass is 35.5. The van der Waals surface area contributed by atoms with Crippen molar-refractivity contribution >= 4 is 11.8 Å². The summed E-state index contributed by atoms with van der Waals surface area (Å²) in [4.78, 5) is 22.7. The molecule has 0 saturated heterocycles. The van der Waals surface area contributed by atoms with Crippen LogP contribution in [0, 0.1) is 0 Å². The number of quaternary nitrogens is 1. The maximum absolute atomic E-state index is 11.6. The van der Waals surface area contributed by atoms with Crippen LogP contribution in [-0.2, 0) is 25.7 Å². The fraction of sp³-hybridized carbons (Fsp3) is 0.467. The van der Waals surface area contributed by atoms with Gasteiger partial charge in [0.05, 0.1) is 13.7 Å². The highest BCUT2D eigenvalue weighted by molar-refractivity contribution is 6.01. The molecular weight excluding hydrogens is 294 g/mol. The first-order valence-electron chi connectivity index (χ1n) is 6.70. The number of halogens is 1. The van der Waals surface area contributed by atoms with Crippen LogP contribution in [0.2, 0.25) is 0 Å². The molecular formula is C15H22ClNO4. The van der Waals surface area contributed by atoms with Crippen molar-refractivity contribution in [2.24, 2.45) is 0 Å². The summed E-state index contributed by atoms with van der Waals surface area (Å²) < 4.78 is 9.99. The molecule has 5 nitrogen and oxygen atoms in total. The molecule has 1 atom stereocenters. The molecule has 0 aromatic heterocycles. The van der Waals surface area contributed by atoms with Crippen LogP contribution in [0.15, 0.2) is 30.3 Å². The quantitative estimate of drug-likeness (QED) is 0.317. The molecule has 0 bridgehead atoms. The van der Waals surface area contributed by atoms with E-state index in [1.807, 2.05) is 30.3 Å². The maximum Gasteiger partial charge on any atom is 0.372 e. The second-order valence-corrected chi connectivity index (χ2v) is 4.54. The van der Waals surface area contributed by atoms with Crippen molar-refractivity contribution in [3.8, 4) is 0 Å². The second kappa shape index (κ2) is 11.3. The Morgan fingerprint density at radius 2 is 1.86 bits per heavy atom. The number of ketones is 1. The topological polar surface area (TPSA) is 80.2 Å². The van der Waals surface area contributed by atoms with E-state index in [4.69, 9.17) is 4.74 Å². The number of hydrogen-bond donors (Lipinski definition) is 1. The van der Waals surface area contributed by atoms with E-state index in [1.54, 1.807) is 0 Å². The van der Waals surface area contributed by atoms with Crippen LogP contribution in [-0.4, -0.2) is 31.5 Å². The van der Waals surface area contributed by atoms with Crippen molar-refractivity contribution < 1.29 is 37.2 Å². The number of hydrogen-bond acceptors (Lipinski definition) is 4. The van der Waals surface area contributed by atoms with Gasteiger partial charge in [0.15, 0.2) is 0 Å². The van der Waals surface area contributed by atoms with Crippen molar-refractivity contribution in [1.29, 1.82) is 0 Å². The summed E-state index contributed by atoms with van der Waals surface area (Å²) in [6.07, 6.45) is 1.81. The van der Waals surface area contributed by atoms with Crippen LogP contribution in [0.25, 0.3) is 0 Å². The number of esters is 1. The van der Waals surface area contributed by atoms with Gasteiger partial charge in [-0.15, -0.1) is 0 Å². The van der Waals surface area contributed by atoms with Gasteiger partial charge < -0.3 is 27.6 Å². The zero-order valence-corrected chi connectivity index (χ0v) is 13.0. The summed E-state index contributed by atoms with van der Waals surface area (Å²) in [5.74, 6) is -0.754. The molecule has 0 aliphatic carbocycles. The van der Waals surface area contributed by atoms with E-state index in [0.29, 0.717) is 26.1 Å². The number of Topliss-reactive ketones (excluding diaryl/α,β-unsaturated/α-hetero) is 1. The Morgan fingerprint density at radius 3 is 2.48 bits per heavy atom. The highest BCUT2D eigenvalue weighted by Crippen LogP contribution is 2.03. The molecule has 1 rings (SSSR count). The van der Waals surface area contributed by atoms with Crippen LogP contribution < -0.4 is 18.1 Å². The molecule has 0 aliphatic rings. The number of ether oxygens (including phenoxy) is 2. The van der Waals surface area contributed by atoms with E-state index in [9.17, 15) is 9.59 Å². The van der Waals surface area contributed by atoms with Crippen molar-refractivity contribution in [3.05, 3.63) is 35.9 Å². The summed E-state index contributed by atoms with van der Waals surface area (Å²) >= 11 is 0. The van der Waals surface area contributed by atoms with E-state index in [0.717, 1.165) is 12.0 Å². The fourth-order valence-electron chi connectivity index (χ4n) is 1.72. The standard InChI is InChI=1S/C15H21NO4.ClH/c1-19-15(18)14(16)13(17)9-5-6-10-20-11-12-7-3-2-4-8-12;/h2-4,7-8,14H,5-6,9-11,16H2,1H3;1H. The number of methoxy groups -OCH3 is 1. The van der Waals surface area contributed by atoms with Gasteiger partial charge >= 0.3 is 5.97 Å². The van der Waals surface area contributed by atoms with Crippen LogP contribution >= 0.6 is 0 Å². The third-order valence-corrected chi connectivity index (χ3v) is 2.95. The Bertz CT molecular complexity index is 425.